The van der Waals surface area contributed by atoms with E-state index in [9.17, 15) is 14.4 Å². The predicted octanol–water partition coefficient (Wildman–Crippen LogP) is -0.353. The maximum absolute atomic E-state index is 11.1. The largest absolute Gasteiger partial charge is 0.351 e. The molecule has 1 heterocycles. The van der Waals surface area contributed by atoms with E-state index < -0.39 is 6.03 Å². The first-order chi connectivity index (χ1) is 5.61. The lowest BCUT2D eigenvalue weighted by molar-refractivity contribution is -0.130. The summed E-state index contributed by atoms with van der Waals surface area (Å²) >= 11 is 0. The van der Waals surface area contributed by atoms with E-state index in [1.54, 1.807) is 0 Å². The highest BCUT2D eigenvalue weighted by atomic mass is 16.2. The topological polar surface area (TPSA) is 80.5 Å². The number of ketones is 1. The number of carbonyl (C=O) groups excluding carboxylic acids is 3. The molecule has 66 valence electrons. The molecule has 1 aliphatic rings. The second-order valence-electron chi connectivity index (χ2n) is 2.71. The van der Waals surface area contributed by atoms with Gasteiger partial charge in [-0.25, -0.2) is 4.79 Å². The van der Waals surface area contributed by atoms with Crippen LogP contribution in [0.3, 0.4) is 0 Å². The molecule has 0 aliphatic carbocycles. The normalized spacial score (nSPS) is 19.2. The lowest BCUT2D eigenvalue weighted by atomic mass is 10.2. The van der Waals surface area contributed by atoms with Gasteiger partial charge in [0, 0.05) is 12.8 Å². The van der Waals surface area contributed by atoms with Crippen molar-refractivity contribution in [3.05, 3.63) is 0 Å². The second-order valence-corrected chi connectivity index (χ2v) is 2.71. The summed E-state index contributed by atoms with van der Waals surface area (Å²) < 4.78 is 0. The van der Waals surface area contributed by atoms with Gasteiger partial charge in [-0.2, -0.15) is 0 Å². The average Bonchev–Trinajstić information content (AvgIpc) is 2.13. The summed E-state index contributed by atoms with van der Waals surface area (Å²) in [5.41, 5.74) is 4.90. The van der Waals surface area contributed by atoms with E-state index >= 15 is 0 Å². The van der Waals surface area contributed by atoms with E-state index in [0.717, 1.165) is 4.90 Å². The van der Waals surface area contributed by atoms with Gasteiger partial charge in [0.2, 0.25) is 5.91 Å². The zero-order chi connectivity index (χ0) is 9.14. The number of rotatable bonds is 0. The highest BCUT2D eigenvalue weighted by molar-refractivity contribution is 5.99. The van der Waals surface area contributed by atoms with Crippen molar-refractivity contribution in [1.29, 1.82) is 0 Å². The van der Waals surface area contributed by atoms with Crippen LogP contribution in [0.5, 0.6) is 0 Å². The third-order valence-electron chi connectivity index (χ3n) is 1.75. The van der Waals surface area contributed by atoms with Crippen molar-refractivity contribution in [2.75, 3.05) is 6.54 Å². The number of urea groups is 1. The first kappa shape index (κ1) is 8.70. The molecule has 0 bridgehead atoms. The summed E-state index contributed by atoms with van der Waals surface area (Å²) in [6.45, 7) is -0.159. The lowest BCUT2D eigenvalue weighted by Crippen LogP contribution is -2.42. The molecule has 0 radical (unpaired) electrons. The number of hydrogen-bond acceptors (Lipinski definition) is 3. The Morgan fingerprint density at radius 3 is 2.58 bits per heavy atom. The van der Waals surface area contributed by atoms with Crippen LogP contribution in [0.4, 0.5) is 4.79 Å². The molecular weight excluding hydrogens is 160 g/mol. The molecule has 0 aromatic carbocycles. The van der Waals surface area contributed by atoms with Gasteiger partial charge in [0.1, 0.15) is 0 Å². The Labute approximate surface area is 69.5 Å². The number of hydrogen-bond donors (Lipinski definition) is 1. The number of carbonyl (C=O) groups is 3. The highest BCUT2D eigenvalue weighted by Crippen LogP contribution is 2.07. The minimum Gasteiger partial charge on any atom is -0.351 e. The molecule has 5 heteroatoms. The molecule has 5 nitrogen and oxygen atoms in total. The Kier molecular flexibility index (Phi) is 2.42. The van der Waals surface area contributed by atoms with Gasteiger partial charge in [-0.05, 0) is 6.42 Å². The smallest absolute Gasteiger partial charge is 0.321 e. The molecular formula is C7H10N2O3. The number of likely N-dealkylation sites (tertiary alicyclic amines) is 1. The molecule has 12 heavy (non-hydrogen) atoms. The quantitative estimate of drug-likeness (QED) is 0.539. The molecule has 3 amide bonds. The lowest BCUT2D eigenvalue weighted by Gasteiger charge is -2.13. The zero-order valence-electron chi connectivity index (χ0n) is 6.58. The van der Waals surface area contributed by atoms with Gasteiger partial charge in [0.15, 0.2) is 5.78 Å². The maximum atomic E-state index is 11.1. The Morgan fingerprint density at radius 2 is 2.00 bits per heavy atom. The van der Waals surface area contributed by atoms with Crippen LogP contribution in [-0.2, 0) is 9.59 Å². The van der Waals surface area contributed by atoms with Gasteiger partial charge < -0.3 is 5.73 Å². The summed E-state index contributed by atoms with van der Waals surface area (Å²) in [6, 6.07) is -0.838. The molecule has 1 aliphatic heterocycles. The second kappa shape index (κ2) is 3.34. The van der Waals surface area contributed by atoms with Crippen LogP contribution in [0.25, 0.3) is 0 Å². The SMILES string of the molecule is NC(=O)N1CC(=O)CCCC1=O. The van der Waals surface area contributed by atoms with E-state index in [1.807, 2.05) is 0 Å². The predicted molar refractivity (Wildman–Crippen MR) is 40.2 cm³/mol. The van der Waals surface area contributed by atoms with Crippen molar-refractivity contribution < 1.29 is 14.4 Å². The number of nitrogens with two attached hydrogens (primary N) is 1. The third-order valence-corrected chi connectivity index (χ3v) is 1.75. The number of primary amides is 1. The molecule has 0 spiro atoms. The van der Waals surface area contributed by atoms with Crippen molar-refractivity contribution >= 4 is 17.7 Å². The summed E-state index contributed by atoms with van der Waals surface area (Å²) in [5, 5.41) is 0. The van der Waals surface area contributed by atoms with Crippen molar-refractivity contribution in [3.63, 3.8) is 0 Å². The molecule has 0 atom stereocenters. The van der Waals surface area contributed by atoms with E-state index in [1.165, 1.54) is 0 Å². The van der Waals surface area contributed by atoms with Crippen LogP contribution in [0.15, 0.2) is 0 Å². The summed E-state index contributed by atoms with van der Waals surface area (Å²) in [7, 11) is 0. The summed E-state index contributed by atoms with van der Waals surface area (Å²) in [4.78, 5) is 33.5. The molecule has 0 aromatic heterocycles. The van der Waals surface area contributed by atoms with Crippen molar-refractivity contribution in [3.8, 4) is 0 Å². The van der Waals surface area contributed by atoms with Crippen LogP contribution in [0.1, 0.15) is 19.3 Å². The molecule has 2 N–H and O–H groups in total. The van der Waals surface area contributed by atoms with Crippen LogP contribution >= 0.6 is 0 Å². The number of amides is 3. The minimum absolute atomic E-state index is 0.111. The Hall–Kier alpha value is -1.39. The molecule has 0 saturated carbocycles. The fourth-order valence-corrected chi connectivity index (χ4v) is 1.12. The fourth-order valence-electron chi connectivity index (χ4n) is 1.12. The third kappa shape index (κ3) is 1.81. The van der Waals surface area contributed by atoms with Crippen LogP contribution in [-0.4, -0.2) is 29.2 Å². The monoisotopic (exact) mass is 170 g/mol. The average molecular weight is 170 g/mol. The van der Waals surface area contributed by atoms with Crippen molar-refractivity contribution in [2.24, 2.45) is 5.73 Å². The number of nitrogens with zero attached hydrogens (tertiary/aromatic N) is 1. The standard InChI is InChI=1S/C7H10N2O3/c8-7(12)9-4-5(10)2-1-3-6(9)11/h1-4H2,(H2,8,12). The first-order valence-electron chi connectivity index (χ1n) is 3.73. The van der Waals surface area contributed by atoms with Gasteiger partial charge >= 0.3 is 6.03 Å². The van der Waals surface area contributed by atoms with Gasteiger partial charge in [0.25, 0.3) is 0 Å². The first-order valence-corrected chi connectivity index (χ1v) is 3.73. The van der Waals surface area contributed by atoms with E-state index in [2.05, 4.69) is 0 Å². The summed E-state index contributed by atoms with van der Waals surface area (Å²) in [6.07, 6.45) is 1.10. The van der Waals surface area contributed by atoms with E-state index in [-0.39, 0.29) is 24.7 Å². The highest BCUT2D eigenvalue weighted by Gasteiger charge is 2.24. The molecule has 1 fully saturated rings. The van der Waals surface area contributed by atoms with E-state index in [4.69, 9.17) is 5.73 Å². The molecule has 1 rings (SSSR count). The van der Waals surface area contributed by atoms with Gasteiger partial charge in [-0.15, -0.1) is 0 Å². The van der Waals surface area contributed by atoms with Gasteiger partial charge in [0.05, 0.1) is 6.54 Å². The Bertz CT molecular complexity index is 237. The molecule has 0 unspecified atom stereocenters. The van der Waals surface area contributed by atoms with Crippen molar-refractivity contribution in [1.82, 2.24) is 4.90 Å². The van der Waals surface area contributed by atoms with Crippen LogP contribution in [0, 0.1) is 0 Å². The fraction of sp³-hybridized carbons (Fsp3) is 0.571. The maximum Gasteiger partial charge on any atom is 0.321 e. The minimum atomic E-state index is -0.838. The van der Waals surface area contributed by atoms with Gasteiger partial charge in [-0.1, -0.05) is 0 Å². The zero-order valence-corrected chi connectivity index (χ0v) is 6.58. The van der Waals surface area contributed by atoms with Crippen LogP contribution < -0.4 is 5.73 Å². The molecule has 0 aromatic rings. The van der Waals surface area contributed by atoms with Crippen LogP contribution in [0.2, 0.25) is 0 Å². The Balaban J connectivity index is 2.74. The summed E-state index contributed by atoms with van der Waals surface area (Å²) in [5.74, 6) is -0.465. The number of imide groups is 1. The Morgan fingerprint density at radius 1 is 1.33 bits per heavy atom. The molecule has 1 saturated heterocycles. The van der Waals surface area contributed by atoms with E-state index in [0.29, 0.717) is 12.8 Å². The van der Waals surface area contributed by atoms with Gasteiger partial charge in [-0.3, -0.25) is 14.5 Å². The number of Topliss-reactive ketones (excluding diaryl/α,β-unsaturated/α-hetero) is 1. The van der Waals surface area contributed by atoms with Crippen molar-refractivity contribution in [2.45, 2.75) is 19.3 Å².